The molecule has 0 aliphatic rings. The molecule has 0 atom stereocenters. The van der Waals surface area contributed by atoms with Crippen LogP contribution in [0.4, 0.5) is 11.6 Å². The van der Waals surface area contributed by atoms with E-state index in [-0.39, 0.29) is 11.4 Å². The maximum absolute atomic E-state index is 12.5. The lowest BCUT2D eigenvalue weighted by molar-refractivity contribution is 0.102. The molecular formula is C18H24N4O. The number of hydrogen-bond donors (Lipinski definition) is 2. The second kappa shape index (κ2) is 6.36. The van der Waals surface area contributed by atoms with E-state index in [1.165, 1.54) is 0 Å². The molecule has 0 aliphatic heterocycles. The molecule has 1 heterocycles. The van der Waals surface area contributed by atoms with Crippen LogP contribution in [0.25, 0.3) is 0 Å². The molecule has 1 aromatic heterocycles. The zero-order valence-electron chi connectivity index (χ0n) is 14.6. The van der Waals surface area contributed by atoms with Crippen LogP contribution in [0.15, 0.2) is 24.3 Å². The fourth-order valence-corrected chi connectivity index (χ4v) is 2.13. The first kappa shape index (κ1) is 16.9. The molecule has 5 nitrogen and oxygen atoms in total. The molecule has 122 valence electrons. The van der Waals surface area contributed by atoms with Crippen LogP contribution in [0.5, 0.6) is 0 Å². The lowest BCUT2D eigenvalue weighted by atomic mass is 10.1. The zero-order valence-corrected chi connectivity index (χ0v) is 14.6. The molecule has 0 radical (unpaired) electrons. The number of nitrogens with zero attached hydrogens (tertiary/aromatic N) is 2. The minimum Gasteiger partial charge on any atom is -0.350 e. The van der Waals surface area contributed by atoms with Crippen LogP contribution in [0.1, 0.15) is 48.1 Å². The van der Waals surface area contributed by atoms with Crippen LogP contribution in [0, 0.1) is 20.8 Å². The zero-order chi connectivity index (χ0) is 17.2. The van der Waals surface area contributed by atoms with Crippen LogP contribution >= 0.6 is 0 Å². The third-order valence-electron chi connectivity index (χ3n) is 3.21. The van der Waals surface area contributed by atoms with E-state index in [1.54, 1.807) is 6.07 Å². The first-order chi connectivity index (χ1) is 10.6. The minimum atomic E-state index is -0.235. The van der Waals surface area contributed by atoms with Crippen LogP contribution in [0.3, 0.4) is 0 Å². The molecule has 0 bridgehead atoms. The first-order valence-corrected chi connectivity index (χ1v) is 7.66. The average molecular weight is 312 g/mol. The van der Waals surface area contributed by atoms with E-state index < -0.39 is 0 Å². The summed E-state index contributed by atoms with van der Waals surface area (Å²) < 4.78 is 0. The summed E-state index contributed by atoms with van der Waals surface area (Å²) in [6.45, 7) is 11.9. The molecule has 0 aliphatic carbocycles. The molecule has 5 heteroatoms. The summed E-state index contributed by atoms with van der Waals surface area (Å²) in [6, 6.07) is 7.65. The average Bonchev–Trinajstić information content (AvgIpc) is 2.40. The number of hydrogen-bond acceptors (Lipinski definition) is 4. The van der Waals surface area contributed by atoms with Crippen molar-refractivity contribution >= 4 is 17.5 Å². The highest BCUT2D eigenvalue weighted by Crippen LogP contribution is 2.18. The Morgan fingerprint density at radius 1 is 1.04 bits per heavy atom. The van der Waals surface area contributed by atoms with Crippen molar-refractivity contribution in [2.45, 2.75) is 47.1 Å². The van der Waals surface area contributed by atoms with Crippen molar-refractivity contribution in [2.24, 2.45) is 0 Å². The predicted molar refractivity (Wildman–Crippen MR) is 94.0 cm³/mol. The summed E-state index contributed by atoms with van der Waals surface area (Å²) in [7, 11) is 0. The van der Waals surface area contributed by atoms with Crippen LogP contribution < -0.4 is 10.6 Å². The predicted octanol–water partition coefficient (Wildman–Crippen LogP) is 3.86. The number of benzene rings is 1. The van der Waals surface area contributed by atoms with Crippen molar-refractivity contribution in [2.75, 3.05) is 10.6 Å². The smallest absolute Gasteiger partial charge is 0.274 e. The summed E-state index contributed by atoms with van der Waals surface area (Å²) >= 11 is 0. The maximum Gasteiger partial charge on any atom is 0.274 e. The molecule has 2 rings (SSSR count). The highest BCUT2D eigenvalue weighted by atomic mass is 16.1. The molecule has 0 saturated heterocycles. The molecule has 1 amide bonds. The summed E-state index contributed by atoms with van der Waals surface area (Å²) in [6.07, 6.45) is 0. The van der Waals surface area contributed by atoms with Gasteiger partial charge in [0.05, 0.1) is 0 Å². The van der Waals surface area contributed by atoms with Crippen molar-refractivity contribution < 1.29 is 4.79 Å². The normalized spacial score (nSPS) is 11.2. The molecule has 2 aromatic rings. The Morgan fingerprint density at radius 2 is 1.74 bits per heavy atom. The summed E-state index contributed by atoms with van der Waals surface area (Å²) in [5.41, 5.74) is 3.84. The van der Waals surface area contributed by atoms with Gasteiger partial charge in [0.15, 0.2) is 0 Å². The second-order valence-electron chi connectivity index (χ2n) is 6.87. The van der Waals surface area contributed by atoms with Gasteiger partial charge in [-0.15, -0.1) is 0 Å². The van der Waals surface area contributed by atoms with Gasteiger partial charge in [-0.2, -0.15) is 0 Å². The number of amides is 1. The Kier molecular flexibility index (Phi) is 4.68. The van der Waals surface area contributed by atoms with Gasteiger partial charge in [-0.05, 0) is 64.8 Å². The van der Waals surface area contributed by atoms with Crippen LogP contribution in [-0.2, 0) is 0 Å². The summed E-state index contributed by atoms with van der Waals surface area (Å²) in [4.78, 5) is 21.2. The fourth-order valence-electron chi connectivity index (χ4n) is 2.13. The standard InChI is InChI=1S/C18H24N4O/c1-11-7-8-12(2)14(9-11)20-16(23)15-10-13(3)19-17(21-15)22-18(4,5)6/h7-10H,1-6H3,(H,20,23)(H,19,21,22). The number of nitrogens with one attached hydrogen (secondary N) is 2. The van der Waals surface area contributed by atoms with Crippen molar-refractivity contribution in [3.8, 4) is 0 Å². The Labute approximate surface area is 137 Å². The van der Waals surface area contributed by atoms with Crippen molar-refractivity contribution in [1.82, 2.24) is 9.97 Å². The fraction of sp³-hybridized carbons (Fsp3) is 0.389. The van der Waals surface area contributed by atoms with Gasteiger partial charge in [0.1, 0.15) is 5.69 Å². The number of aromatic nitrogens is 2. The van der Waals surface area contributed by atoms with E-state index in [1.807, 2.05) is 59.7 Å². The summed E-state index contributed by atoms with van der Waals surface area (Å²) in [5, 5.41) is 6.13. The second-order valence-corrected chi connectivity index (χ2v) is 6.87. The van der Waals surface area contributed by atoms with Gasteiger partial charge < -0.3 is 10.6 Å². The quantitative estimate of drug-likeness (QED) is 0.903. The minimum absolute atomic E-state index is 0.172. The molecular weight excluding hydrogens is 288 g/mol. The van der Waals surface area contributed by atoms with E-state index in [9.17, 15) is 4.79 Å². The first-order valence-electron chi connectivity index (χ1n) is 7.66. The number of aryl methyl sites for hydroxylation is 3. The van der Waals surface area contributed by atoms with E-state index in [0.29, 0.717) is 11.6 Å². The van der Waals surface area contributed by atoms with Crippen molar-refractivity contribution in [1.29, 1.82) is 0 Å². The van der Waals surface area contributed by atoms with E-state index in [4.69, 9.17) is 0 Å². The van der Waals surface area contributed by atoms with Gasteiger partial charge in [0.2, 0.25) is 5.95 Å². The molecule has 0 saturated carbocycles. The molecule has 0 spiro atoms. The Balaban J connectivity index is 2.27. The highest BCUT2D eigenvalue weighted by Gasteiger charge is 2.15. The molecule has 1 aromatic carbocycles. The highest BCUT2D eigenvalue weighted by molar-refractivity contribution is 6.03. The molecule has 0 fully saturated rings. The van der Waals surface area contributed by atoms with Gasteiger partial charge >= 0.3 is 0 Å². The SMILES string of the molecule is Cc1ccc(C)c(NC(=O)c2cc(C)nc(NC(C)(C)C)n2)c1. The molecule has 2 N–H and O–H groups in total. The van der Waals surface area contributed by atoms with Gasteiger partial charge in [0, 0.05) is 16.9 Å². The topological polar surface area (TPSA) is 66.9 Å². The monoisotopic (exact) mass is 312 g/mol. The van der Waals surface area contributed by atoms with Crippen molar-refractivity contribution in [3.63, 3.8) is 0 Å². The van der Waals surface area contributed by atoms with E-state index >= 15 is 0 Å². The lowest BCUT2D eigenvalue weighted by Crippen LogP contribution is -2.28. The van der Waals surface area contributed by atoms with E-state index in [2.05, 4.69) is 20.6 Å². The van der Waals surface area contributed by atoms with Crippen LogP contribution in [0.2, 0.25) is 0 Å². The van der Waals surface area contributed by atoms with Crippen molar-refractivity contribution in [3.05, 3.63) is 46.8 Å². The lowest BCUT2D eigenvalue weighted by Gasteiger charge is -2.21. The number of carbonyl (C=O) groups is 1. The largest absolute Gasteiger partial charge is 0.350 e. The summed E-state index contributed by atoms with van der Waals surface area (Å²) in [5.74, 6) is 0.227. The van der Waals surface area contributed by atoms with E-state index in [0.717, 1.165) is 22.5 Å². The Bertz CT molecular complexity index is 732. The van der Waals surface area contributed by atoms with Gasteiger partial charge in [0.25, 0.3) is 5.91 Å². The third kappa shape index (κ3) is 4.77. The Morgan fingerprint density at radius 3 is 2.39 bits per heavy atom. The number of rotatable bonds is 3. The number of carbonyl (C=O) groups excluding carboxylic acids is 1. The third-order valence-corrected chi connectivity index (χ3v) is 3.21. The number of anilines is 2. The molecule has 23 heavy (non-hydrogen) atoms. The van der Waals surface area contributed by atoms with Gasteiger partial charge in [-0.3, -0.25) is 4.79 Å². The molecule has 0 unspecified atom stereocenters. The van der Waals surface area contributed by atoms with Crippen LogP contribution in [-0.4, -0.2) is 21.4 Å². The van der Waals surface area contributed by atoms with Gasteiger partial charge in [-0.1, -0.05) is 12.1 Å². The van der Waals surface area contributed by atoms with Gasteiger partial charge in [-0.25, -0.2) is 9.97 Å². The Hall–Kier alpha value is -2.43. The maximum atomic E-state index is 12.5.